The molecule has 1 aliphatic carbocycles. The number of fused-ring (bicyclic) bond motifs is 1. The third-order valence-electron chi connectivity index (χ3n) is 4.15. The van der Waals surface area contributed by atoms with E-state index in [2.05, 4.69) is 0 Å². The van der Waals surface area contributed by atoms with Crippen LogP contribution in [0.4, 0.5) is 0 Å². The highest BCUT2D eigenvalue weighted by Crippen LogP contribution is 2.36. The van der Waals surface area contributed by atoms with Crippen LogP contribution in [0.2, 0.25) is 0 Å². The molecule has 16 heavy (non-hydrogen) atoms. The maximum Gasteiger partial charge on any atom is 0.227 e. The molecule has 0 radical (unpaired) electrons. The SMILES string of the molecule is CC(=O)N1C[C@H]2CN(CC3CC3)C(=O)[C@H]2C1. The van der Waals surface area contributed by atoms with E-state index in [9.17, 15) is 9.59 Å². The molecule has 0 bridgehead atoms. The molecule has 1 saturated carbocycles. The molecule has 2 aliphatic heterocycles. The molecule has 3 fully saturated rings. The normalized spacial score (nSPS) is 33.4. The average Bonchev–Trinajstić information content (AvgIpc) is 2.86. The Balaban J connectivity index is 1.64. The maximum atomic E-state index is 12.1. The molecule has 0 aromatic carbocycles. The van der Waals surface area contributed by atoms with E-state index in [0.29, 0.717) is 18.4 Å². The van der Waals surface area contributed by atoms with E-state index in [4.69, 9.17) is 0 Å². The van der Waals surface area contributed by atoms with Crippen molar-refractivity contribution in [3.05, 3.63) is 0 Å². The van der Waals surface area contributed by atoms with E-state index in [1.54, 1.807) is 6.92 Å². The number of hydrogen-bond acceptors (Lipinski definition) is 2. The summed E-state index contributed by atoms with van der Waals surface area (Å²) >= 11 is 0. The van der Waals surface area contributed by atoms with Crippen molar-refractivity contribution < 1.29 is 9.59 Å². The van der Waals surface area contributed by atoms with Gasteiger partial charge in [-0.25, -0.2) is 0 Å². The monoisotopic (exact) mass is 222 g/mol. The first-order chi connectivity index (χ1) is 7.65. The Morgan fingerprint density at radius 3 is 2.62 bits per heavy atom. The second-order valence-corrected chi connectivity index (χ2v) is 5.48. The van der Waals surface area contributed by atoms with Crippen LogP contribution in [0.15, 0.2) is 0 Å². The Kier molecular flexibility index (Phi) is 2.19. The van der Waals surface area contributed by atoms with Gasteiger partial charge in [-0.1, -0.05) is 0 Å². The van der Waals surface area contributed by atoms with Gasteiger partial charge in [0.05, 0.1) is 5.92 Å². The molecule has 2 saturated heterocycles. The van der Waals surface area contributed by atoms with Gasteiger partial charge >= 0.3 is 0 Å². The van der Waals surface area contributed by atoms with Gasteiger partial charge in [-0.15, -0.1) is 0 Å². The van der Waals surface area contributed by atoms with Gasteiger partial charge in [0.15, 0.2) is 0 Å². The van der Waals surface area contributed by atoms with E-state index in [0.717, 1.165) is 25.6 Å². The summed E-state index contributed by atoms with van der Waals surface area (Å²) in [5.74, 6) is 1.67. The summed E-state index contributed by atoms with van der Waals surface area (Å²) < 4.78 is 0. The van der Waals surface area contributed by atoms with Gasteiger partial charge in [0.2, 0.25) is 11.8 Å². The van der Waals surface area contributed by atoms with Gasteiger partial charge in [0.25, 0.3) is 0 Å². The van der Waals surface area contributed by atoms with Crippen LogP contribution in [-0.4, -0.2) is 47.8 Å². The van der Waals surface area contributed by atoms with E-state index >= 15 is 0 Å². The lowest BCUT2D eigenvalue weighted by molar-refractivity contribution is -0.132. The summed E-state index contributed by atoms with van der Waals surface area (Å²) in [7, 11) is 0. The lowest BCUT2D eigenvalue weighted by Gasteiger charge is -2.20. The Morgan fingerprint density at radius 2 is 2.06 bits per heavy atom. The minimum Gasteiger partial charge on any atom is -0.342 e. The summed E-state index contributed by atoms with van der Waals surface area (Å²) in [5.41, 5.74) is 0. The zero-order valence-corrected chi connectivity index (χ0v) is 9.69. The molecule has 0 N–H and O–H groups in total. The fourth-order valence-electron chi connectivity index (χ4n) is 2.98. The van der Waals surface area contributed by atoms with Gasteiger partial charge in [0, 0.05) is 39.0 Å². The van der Waals surface area contributed by atoms with Crippen molar-refractivity contribution in [2.45, 2.75) is 19.8 Å². The molecule has 3 aliphatic rings. The zero-order chi connectivity index (χ0) is 11.3. The molecule has 4 heteroatoms. The van der Waals surface area contributed by atoms with Crippen LogP contribution in [-0.2, 0) is 9.59 Å². The standard InChI is InChI=1S/C12H18N2O2/c1-8(15)13-5-10-6-14(4-9-2-3-9)12(16)11(10)7-13/h9-11H,2-7H2,1H3/t10-,11-/m0/s1. The predicted octanol–water partition coefficient (Wildman–Crippen LogP) is 0.333. The van der Waals surface area contributed by atoms with Crippen LogP contribution in [0.1, 0.15) is 19.8 Å². The molecular weight excluding hydrogens is 204 g/mol. The van der Waals surface area contributed by atoms with Crippen LogP contribution < -0.4 is 0 Å². The lowest BCUT2D eigenvalue weighted by Crippen LogP contribution is -2.35. The van der Waals surface area contributed by atoms with Gasteiger partial charge in [-0.3, -0.25) is 9.59 Å². The number of carbonyl (C=O) groups excluding carboxylic acids is 2. The first-order valence-corrected chi connectivity index (χ1v) is 6.19. The van der Waals surface area contributed by atoms with Crippen molar-refractivity contribution in [3.63, 3.8) is 0 Å². The molecule has 3 rings (SSSR count). The largest absolute Gasteiger partial charge is 0.342 e. The number of carbonyl (C=O) groups is 2. The molecule has 0 spiro atoms. The highest BCUT2D eigenvalue weighted by Gasteiger charge is 2.47. The lowest BCUT2D eigenvalue weighted by atomic mass is 10.0. The van der Waals surface area contributed by atoms with Gasteiger partial charge in [-0.05, 0) is 18.8 Å². The summed E-state index contributed by atoms with van der Waals surface area (Å²) in [5, 5.41) is 0. The third kappa shape index (κ3) is 1.60. The summed E-state index contributed by atoms with van der Waals surface area (Å²) in [6, 6.07) is 0. The molecule has 0 aromatic heterocycles. The Morgan fingerprint density at radius 1 is 1.31 bits per heavy atom. The maximum absolute atomic E-state index is 12.1. The first kappa shape index (κ1) is 10.1. The fourth-order valence-corrected chi connectivity index (χ4v) is 2.98. The van der Waals surface area contributed by atoms with Crippen molar-refractivity contribution in [1.29, 1.82) is 0 Å². The molecule has 2 atom stereocenters. The minimum atomic E-state index is 0.0997. The number of rotatable bonds is 2. The van der Waals surface area contributed by atoms with Crippen molar-refractivity contribution in [1.82, 2.24) is 9.80 Å². The Labute approximate surface area is 95.6 Å². The number of hydrogen-bond donors (Lipinski definition) is 0. The predicted molar refractivity (Wildman–Crippen MR) is 58.5 cm³/mol. The summed E-state index contributed by atoms with van der Waals surface area (Å²) in [6.45, 7) is 4.87. The molecule has 0 aromatic rings. The van der Waals surface area contributed by atoms with Gasteiger partial charge in [0.1, 0.15) is 0 Å². The van der Waals surface area contributed by atoms with E-state index in [1.165, 1.54) is 12.8 Å². The fraction of sp³-hybridized carbons (Fsp3) is 0.833. The average molecular weight is 222 g/mol. The summed E-state index contributed by atoms with van der Waals surface area (Å²) in [4.78, 5) is 27.2. The van der Waals surface area contributed by atoms with Crippen molar-refractivity contribution >= 4 is 11.8 Å². The van der Waals surface area contributed by atoms with Crippen LogP contribution in [0.25, 0.3) is 0 Å². The second kappa shape index (κ2) is 3.47. The van der Waals surface area contributed by atoms with Gasteiger partial charge < -0.3 is 9.80 Å². The highest BCUT2D eigenvalue weighted by atomic mass is 16.2. The Hall–Kier alpha value is -1.06. The first-order valence-electron chi connectivity index (χ1n) is 6.19. The van der Waals surface area contributed by atoms with Crippen molar-refractivity contribution in [3.8, 4) is 0 Å². The third-order valence-corrected chi connectivity index (χ3v) is 4.15. The topological polar surface area (TPSA) is 40.6 Å². The molecule has 4 nitrogen and oxygen atoms in total. The molecule has 2 amide bonds. The van der Waals surface area contributed by atoms with E-state index in [-0.39, 0.29) is 11.8 Å². The van der Waals surface area contributed by atoms with Crippen LogP contribution in [0.3, 0.4) is 0 Å². The number of likely N-dealkylation sites (tertiary alicyclic amines) is 2. The smallest absolute Gasteiger partial charge is 0.227 e. The molecule has 2 heterocycles. The van der Waals surface area contributed by atoms with Gasteiger partial charge in [-0.2, -0.15) is 0 Å². The van der Waals surface area contributed by atoms with Crippen molar-refractivity contribution in [2.24, 2.45) is 17.8 Å². The van der Waals surface area contributed by atoms with E-state index < -0.39 is 0 Å². The molecule has 88 valence electrons. The minimum absolute atomic E-state index is 0.0997. The quantitative estimate of drug-likeness (QED) is 0.675. The number of amides is 2. The molecule has 0 unspecified atom stereocenters. The zero-order valence-electron chi connectivity index (χ0n) is 9.69. The van der Waals surface area contributed by atoms with Crippen LogP contribution >= 0.6 is 0 Å². The van der Waals surface area contributed by atoms with Crippen LogP contribution in [0, 0.1) is 17.8 Å². The highest BCUT2D eigenvalue weighted by molar-refractivity contribution is 5.84. The van der Waals surface area contributed by atoms with Crippen molar-refractivity contribution in [2.75, 3.05) is 26.2 Å². The van der Waals surface area contributed by atoms with Crippen LogP contribution in [0.5, 0.6) is 0 Å². The molecular formula is C12H18N2O2. The number of nitrogens with zero attached hydrogens (tertiary/aromatic N) is 2. The van der Waals surface area contributed by atoms with E-state index in [1.807, 2.05) is 9.80 Å². The summed E-state index contributed by atoms with van der Waals surface area (Å²) in [6.07, 6.45) is 2.58. The second-order valence-electron chi connectivity index (χ2n) is 5.48. The Bertz CT molecular complexity index is 338.